The van der Waals surface area contributed by atoms with Crippen LogP contribution in [0.1, 0.15) is 33.6 Å². The molecule has 0 spiro atoms. The lowest BCUT2D eigenvalue weighted by Gasteiger charge is -2.15. The van der Waals surface area contributed by atoms with Crippen molar-refractivity contribution in [1.82, 2.24) is 5.32 Å². The quantitative estimate of drug-likeness (QED) is 0.578. The summed E-state index contributed by atoms with van der Waals surface area (Å²) in [6.07, 6.45) is 0.846. The third kappa shape index (κ3) is 5.94. The number of carbonyl (C=O) groups excluding carboxylic acids is 1. The highest BCUT2D eigenvalue weighted by molar-refractivity contribution is 5.81. The molecule has 2 atom stereocenters. The van der Waals surface area contributed by atoms with Crippen LogP contribution in [0.2, 0.25) is 0 Å². The van der Waals surface area contributed by atoms with Crippen LogP contribution in [0.4, 0.5) is 0 Å². The summed E-state index contributed by atoms with van der Waals surface area (Å²) in [6.45, 7) is 6.20. The van der Waals surface area contributed by atoms with Gasteiger partial charge in [-0.15, -0.1) is 0 Å². The van der Waals surface area contributed by atoms with Crippen LogP contribution in [-0.2, 0) is 4.79 Å². The fourth-order valence-electron chi connectivity index (χ4n) is 1.11. The molecular formula is C10H22N2O2. The molecular weight excluding hydrogens is 180 g/mol. The molecule has 2 unspecified atom stereocenters. The summed E-state index contributed by atoms with van der Waals surface area (Å²) in [5, 5.41) is 11.8. The molecule has 0 saturated carbocycles. The minimum Gasteiger partial charge on any atom is -0.391 e. The van der Waals surface area contributed by atoms with Crippen molar-refractivity contribution in [3.8, 4) is 0 Å². The zero-order valence-electron chi connectivity index (χ0n) is 9.29. The molecule has 0 rings (SSSR count). The molecule has 0 radical (unpaired) electrons. The minimum atomic E-state index is -0.467. The molecule has 84 valence electrons. The van der Waals surface area contributed by atoms with Crippen molar-refractivity contribution in [1.29, 1.82) is 0 Å². The average Bonchev–Trinajstić information content (AvgIpc) is 2.12. The highest BCUT2D eigenvalue weighted by Gasteiger charge is 2.15. The number of nitrogens with one attached hydrogen (secondary N) is 1. The van der Waals surface area contributed by atoms with Crippen LogP contribution in [0.3, 0.4) is 0 Å². The van der Waals surface area contributed by atoms with E-state index in [2.05, 4.69) is 5.32 Å². The number of hydrogen-bond acceptors (Lipinski definition) is 3. The number of nitrogens with two attached hydrogens (primary N) is 1. The van der Waals surface area contributed by atoms with Crippen molar-refractivity contribution < 1.29 is 9.90 Å². The second-order valence-corrected chi connectivity index (χ2v) is 4.04. The van der Waals surface area contributed by atoms with Crippen LogP contribution in [0.5, 0.6) is 0 Å². The first kappa shape index (κ1) is 13.4. The molecule has 0 heterocycles. The predicted octanol–water partition coefficient (Wildman–Crippen LogP) is 0.247. The summed E-state index contributed by atoms with van der Waals surface area (Å²) in [6, 6.07) is -0.459. The monoisotopic (exact) mass is 202 g/mol. The third-order valence-corrected chi connectivity index (χ3v) is 2.05. The van der Waals surface area contributed by atoms with E-state index in [9.17, 15) is 9.90 Å². The number of hydrogen-bond donors (Lipinski definition) is 3. The molecule has 0 aromatic rings. The summed E-state index contributed by atoms with van der Waals surface area (Å²) >= 11 is 0. The maximum absolute atomic E-state index is 11.4. The number of aliphatic hydroxyl groups excluding tert-OH is 1. The first-order valence-electron chi connectivity index (χ1n) is 5.18. The normalized spacial score (nSPS) is 15.3. The van der Waals surface area contributed by atoms with Crippen LogP contribution in [0.25, 0.3) is 0 Å². The summed E-state index contributed by atoms with van der Waals surface area (Å²) < 4.78 is 0. The van der Waals surface area contributed by atoms with Gasteiger partial charge in [0.2, 0.25) is 5.91 Å². The standard InChI is InChI=1S/C10H22N2O2/c1-4-8(13)6-12-10(14)9(11)5-7(2)3/h7-9,13H,4-6,11H2,1-3H3,(H,12,14). The maximum Gasteiger partial charge on any atom is 0.237 e. The zero-order valence-corrected chi connectivity index (χ0v) is 9.29. The van der Waals surface area contributed by atoms with Gasteiger partial charge >= 0.3 is 0 Å². The summed E-state index contributed by atoms with van der Waals surface area (Å²) in [5.74, 6) is 0.234. The van der Waals surface area contributed by atoms with Crippen LogP contribution >= 0.6 is 0 Å². The number of aliphatic hydroxyl groups is 1. The Hall–Kier alpha value is -0.610. The first-order chi connectivity index (χ1) is 6.47. The Bertz CT molecular complexity index is 172. The fraction of sp³-hybridized carbons (Fsp3) is 0.900. The van der Waals surface area contributed by atoms with Crippen LogP contribution in [0.15, 0.2) is 0 Å². The average molecular weight is 202 g/mol. The molecule has 0 aromatic heterocycles. The molecule has 4 heteroatoms. The van der Waals surface area contributed by atoms with E-state index in [1.165, 1.54) is 0 Å². The zero-order chi connectivity index (χ0) is 11.1. The van der Waals surface area contributed by atoms with E-state index in [-0.39, 0.29) is 5.91 Å². The van der Waals surface area contributed by atoms with E-state index in [1.807, 2.05) is 20.8 Å². The van der Waals surface area contributed by atoms with Gasteiger partial charge in [-0.25, -0.2) is 0 Å². The van der Waals surface area contributed by atoms with Gasteiger partial charge in [0.25, 0.3) is 0 Å². The van der Waals surface area contributed by atoms with Crippen molar-refractivity contribution in [3.63, 3.8) is 0 Å². The van der Waals surface area contributed by atoms with Crippen molar-refractivity contribution in [3.05, 3.63) is 0 Å². The van der Waals surface area contributed by atoms with Gasteiger partial charge in [-0.1, -0.05) is 20.8 Å². The minimum absolute atomic E-state index is 0.175. The molecule has 1 amide bonds. The Kier molecular flexibility index (Phi) is 6.49. The van der Waals surface area contributed by atoms with E-state index in [4.69, 9.17) is 5.73 Å². The lowest BCUT2D eigenvalue weighted by Crippen LogP contribution is -2.43. The molecule has 0 bridgehead atoms. The van der Waals surface area contributed by atoms with E-state index in [1.54, 1.807) is 0 Å². The second-order valence-electron chi connectivity index (χ2n) is 4.04. The summed E-state index contributed by atoms with van der Waals surface area (Å²) in [7, 11) is 0. The van der Waals surface area contributed by atoms with Gasteiger partial charge in [-0.3, -0.25) is 4.79 Å². The van der Waals surface area contributed by atoms with E-state index in [0.717, 1.165) is 0 Å². The third-order valence-electron chi connectivity index (χ3n) is 2.05. The Labute approximate surface area is 85.9 Å². The van der Waals surface area contributed by atoms with Crippen molar-refractivity contribution in [2.75, 3.05) is 6.54 Å². The Morgan fingerprint density at radius 1 is 1.50 bits per heavy atom. The highest BCUT2D eigenvalue weighted by atomic mass is 16.3. The molecule has 4 nitrogen and oxygen atoms in total. The Morgan fingerprint density at radius 2 is 2.07 bits per heavy atom. The molecule has 0 aliphatic rings. The molecule has 0 aromatic carbocycles. The highest BCUT2D eigenvalue weighted by Crippen LogP contribution is 2.02. The Morgan fingerprint density at radius 3 is 2.50 bits per heavy atom. The van der Waals surface area contributed by atoms with Gasteiger partial charge in [-0.05, 0) is 18.8 Å². The molecule has 0 fully saturated rings. The van der Waals surface area contributed by atoms with Crippen molar-refractivity contribution >= 4 is 5.91 Å². The Balaban J connectivity index is 3.73. The second kappa shape index (κ2) is 6.79. The smallest absolute Gasteiger partial charge is 0.237 e. The van der Waals surface area contributed by atoms with Gasteiger partial charge in [0.05, 0.1) is 12.1 Å². The predicted molar refractivity (Wildman–Crippen MR) is 56.7 cm³/mol. The van der Waals surface area contributed by atoms with Gasteiger partial charge < -0.3 is 16.2 Å². The van der Waals surface area contributed by atoms with Gasteiger partial charge in [0.15, 0.2) is 0 Å². The van der Waals surface area contributed by atoms with Crippen LogP contribution in [0, 0.1) is 5.92 Å². The van der Waals surface area contributed by atoms with Crippen LogP contribution in [-0.4, -0.2) is 29.7 Å². The number of rotatable bonds is 6. The largest absolute Gasteiger partial charge is 0.391 e. The fourth-order valence-corrected chi connectivity index (χ4v) is 1.11. The summed E-state index contributed by atoms with van der Waals surface area (Å²) in [5.41, 5.74) is 5.65. The van der Waals surface area contributed by atoms with Crippen molar-refractivity contribution in [2.45, 2.75) is 45.8 Å². The molecule has 4 N–H and O–H groups in total. The molecule has 0 aliphatic heterocycles. The number of carbonyl (C=O) groups is 1. The number of amides is 1. The van der Waals surface area contributed by atoms with Crippen LogP contribution < -0.4 is 11.1 Å². The van der Waals surface area contributed by atoms with Gasteiger partial charge in [0, 0.05) is 6.54 Å². The lowest BCUT2D eigenvalue weighted by molar-refractivity contribution is -0.123. The topological polar surface area (TPSA) is 75.3 Å². The SMILES string of the molecule is CCC(O)CNC(=O)C(N)CC(C)C. The van der Waals surface area contributed by atoms with Crippen molar-refractivity contribution in [2.24, 2.45) is 11.7 Å². The van der Waals surface area contributed by atoms with Gasteiger partial charge in [0.1, 0.15) is 0 Å². The maximum atomic E-state index is 11.4. The molecule has 0 aliphatic carbocycles. The van der Waals surface area contributed by atoms with E-state index in [0.29, 0.717) is 25.3 Å². The van der Waals surface area contributed by atoms with Gasteiger partial charge in [-0.2, -0.15) is 0 Å². The van der Waals surface area contributed by atoms with E-state index < -0.39 is 12.1 Å². The molecule has 0 saturated heterocycles. The summed E-state index contributed by atoms with van der Waals surface area (Å²) in [4.78, 5) is 11.4. The lowest BCUT2D eigenvalue weighted by atomic mass is 10.0. The van der Waals surface area contributed by atoms with E-state index >= 15 is 0 Å². The first-order valence-corrected chi connectivity index (χ1v) is 5.18. The molecule has 14 heavy (non-hydrogen) atoms.